The fraction of sp³-hybridized carbons (Fsp3) is 0.455. The van der Waals surface area contributed by atoms with E-state index < -0.39 is 28.1 Å². The van der Waals surface area contributed by atoms with Crippen LogP contribution in [-0.4, -0.2) is 16.6 Å². The molecular formula is C11H10F4N2O2. The molecule has 1 aromatic rings. The summed E-state index contributed by atoms with van der Waals surface area (Å²) in [5, 5.41) is 12.8. The van der Waals surface area contributed by atoms with Crippen LogP contribution in [0, 0.1) is 15.9 Å². The molecule has 104 valence electrons. The largest absolute Gasteiger partial charge is 0.406 e. The third kappa shape index (κ3) is 2.83. The number of hydrogen-bond acceptors (Lipinski definition) is 3. The highest BCUT2D eigenvalue weighted by Gasteiger charge is 2.62. The number of nitrogens with zero attached hydrogens (tertiary/aromatic N) is 1. The van der Waals surface area contributed by atoms with Crippen LogP contribution in [0.1, 0.15) is 18.4 Å². The molecule has 2 rings (SSSR count). The van der Waals surface area contributed by atoms with E-state index in [9.17, 15) is 27.7 Å². The van der Waals surface area contributed by atoms with E-state index in [0.717, 1.165) is 18.2 Å². The molecule has 1 aromatic carbocycles. The van der Waals surface area contributed by atoms with E-state index in [2.05, 4.69) is 5.32 Å². The van der Waals surface area contributed by atoms with E-state index in [1.54, 1.807) is 0 Å². The Hall–Kier alpha value is -1.70. The molecule has 0 heterocycles. The van der Waals surface area contributed by atoms with E-state index >= 15 is 0 Å². The molecule has 4 nitrogen and oxygen atoms in total. The van der Waals surface area contributed by atoms with Crippen LogP contribution in [0.15, 0.2) is 18.2 Å². The van der Waals surface area contributed by atoms with Crippen molar-refractivity contribution in [2.24, 2.45) is 0 Å². The van der Waals surface area contributed by atoms with Crippen LogP contribution in [0.3, 0.4) is 0 Å². The predicted octanol–water partition coefficient (Wildman–Crippen LogP) is 2.92. The van der Waals surface area contributed by atoms with Gasteiger partial charge in [-0.05, 0) is 24.5 Å². The number of rotatable bonds is 4. The minimum absolute atomic E-state index is 0.0338. The Morgan fingerprint density at radius 3 is 2.42 bits per heavy atom. The van der Waals surface area contributed by atoms with Gasteiger partial charge in [-0.2, -0.15) is 13.2 Å². The van der Waals surface area contributed by atoms with Gasteiger partial charge in [0.15, 0.2) is 0 Å². The maximum absolute atomic E-state index is 13.1. The summed E-state index contributed by atoms with van der Waals surface area (Å²) in [7, 11) is 0. The zero-order chi connectivity index (χ0) is 14.3. The first kappa shape index (κ1) is 13.7. The minimum atomic E-state index is -4.37. The van der Waals surface area contributed by atoms with E-state index in [4.69, 9.17) is 0 Å². The van der Waals surface area contributed by atoms with Crippen molar-refractivity contribution in [2.45, 2.75) is 31.1 Å². The lowest BCUT2D eigenvalue weighted by molar-refractivity contribution is -0.385. The van der Waals surface area contributed by atoms with Crippen molar-refractivity contribution in [1.29, 1.82) is 0 Å². The van der Waals surface area contributed by atoms with Crippen LogP contribution < -0.4 is 5.32 Å². The molecule has 0 unspecified atom stereocenters. The van der Waals surface area contributed by atoms with Crippen LogP contribution in [0.2, 0.25) is 0 Å². The summed E-state index contributed by atoms with van der Waals surface area (Å²) < 4.78 is 51.0. The lowest BCUT2D eigenvalue weighted by Crippen LogP contribution is -2.44. The molecule has 1 saturated carbocycles. The van der Waals surface area contributed by atoms with Gasteiger partial charge in [-0.3, -0.25) is 15.4 Å². The first-order valence-corrected chi connectivity index (χ1v) is 5.49. The van der Waals surface area contributed by atoms with Crippen molar-refractivity contribution in [2.75, 3.05) is 0 Å². The van der Waals surface area contributed by atoms with Crippen molar-refractivity contribution in [3.63, 3.8) is 0 Å². The van der Waals surface area contributed by atoms with Crippen molar-refractivity contribution >= 4 is 5.69 Å². The Balaban J connectivity index is 2.10. The predicted molar refractivity (Wildman–Crippen MR) is 57.9 cm³/mol. The van der Waals surface area contributed by atoms with Gasteiger partial charge in [0.05, 0.1) is 11.0 Å². The number of nitro benzene ring substituents is 1. The molecule has 1 fully saturated rings. The van der Waals surface area contributed by atoms with Crippen LogP contribution >= 0.6 is 0 Å². The molecule has 0 aliphatic heterocycles. The molecule has 1 N–H and O–H groups in total. The number of non-ortho nitro benzene ring substituents is 1. The Labute approximate surface area is 105 Å². The van der Waals surface area contributed by atoms with Crippen molar-refractivity contribution < 1.29 is 22.5 Å². The average molecular weight is 278 g/mol. The van der Waals surface area contributed by atoms with Crippen molar-refractivity contribution in [3.8, 4) is 0 Å². The normalized spacial score (nSPS) is 17.3. The molecule has 1 aliphatic carbocycles. The standard InChI is InChI=1S/C11H10F4N2O2/c12-8-3-7(4-9(5-8)17(18)19)6-16-10(1-2-10)11(13,14)15/h3-5,16H,1-2,6H2. The van der Waals surface area contributed by atoms with E-state index in [1.165, 1.54) is 0 Å². The second-order valence-electron chi connectivity index (χ2n) is 4.51. The SMILES string of the molecule is O=[N+]([O-])c1cc(F)cc(CNC2(C(F)(F)F)CC2)c1. The minimum Gasteiger partial charge on any atom is -0.299 e. The Bertz CT molecular complexity index is 512. The van der Waals surface area contributed by atoms with Gasteiger partial charge in [0.25, 0.3) is 5.69 Å². The van der Waals surface area contributed by atoms with Gasteiger partial charge in [-0.1, -0.05) is 0 Å². The number of hydrogen-bond donors (Lipinski definition) is 1. The number of alkyl halides is 3. The Morgan fingerprint density at radius 1 is 1.32 bits per heavy atom. The number of benzene rings is 1. The molecule has 0 aromatic heterocycles. The maximum Gasteiger partial charge on any atom is 0.406 e. The van der Waals surface area contributed by atoms with Gasteiger partial charge < -0.3 is 0 Å². The molecular weight excluding hydrogens is 268 g/mol. The fourth-order valence-corrected chi connectivity index (χ4v) is 1.80. The number of halogens is 4. The fourth-order valence-electron chi connectivity index (χ4n) is 1.80. The zero-order valence-corrected chi connectivity index (χ0v) is 9.63. The summed E-state index contributed by atoms with van der Waals surface area (Å²) >= 11 is 0. The van der Waals surface area contributed by atoms with Crippen molar-refractivity contribution in [3.05, 3.63) is 39.7 Å². The van der Waals surface area contributed by atoms with Gasteiger partial charge in [0.1, 0.15) is 11.4 Å². The van der Waals surface area contributed by atoms with E-state index in [1.807, 2.05) is 0 Å². The lowest BCUT2D eigenvalue weighted by Gasteiger charge is -2.20. The summed E-state index contributed by atoms with van der Waals surface area (Å²) in [6.45, 7) is -0.266. The summed E-state index contributed by atoms with van der Waals surface area (Å²) in [6, 6.07) is 2.76. The van der Waals surface area contributed by atoms with Crippen LogP contribution in [-0.2, 0) is 6.54 Å². The molecule has 0 saturated heterocycles. The van der Waals surface area contributed by atoms with Crippen LogP contribution in [0.5, 0.6) is 0 Å². The average Bonchev–Trinajstić information content (AvgIpc) is 3.05. The molecule has 0 amide bonds. The first-order valence-electron chi connectivity index (χ1n) is 5.49. The first-order chi connectivity index (χ1) is 8.73. The summed E-state index contributed by atoms with van der Waals surface area (Å²) in [4.78, 5) is 9.73. The Morgan fingerprint density at radius 2 is 1.95 bits per heavy atom. The third-order valence-electron chi connectivity index (χ3n) is 3.08. The molecule has 0 atom stereocenters. The van der Waals surface area contributed by atoms with Gasteiger partial charge in [0.2, 0.25) is 0 Å². The van der Waals surface area contributed by atoms with Gasteiger partial charge in [0, 0.05) is 12.6 Å². The summed E-state index contributed by atoms with van der Waals surface area (Å²) in [5.41, 5.74) is -2.29. The van der Waals surface area contributed by atoms with E-state index in [0.29, 0.717) is 0 Å². The Kier molecular flexibility index (Phi) is 3.21. The maximum atomic E-state index is 13.1. The molecule has 19 heavy (non-hydrogen) atoms. The van der Waals surface area contributed by atoms with Gasteiger partial charge in [-0.25, -0.2) is 4.39 Å². The molecule has 0 bridgehead atoms. The summed E-state index contributed by atoms with van der Waals surface area (Å²) in [6.07, 6.45) is -4.44. The second-order valence-corrected chi connectivity index (χ2v) is 4.51. The molecule has 0 spiro atoms. The highest BCUT2D eigenvalue weighted by atomic mass is 19.4. The quantitative estimate of drug-likeness (QED) is 0.523. The monoisotopic (exact) mass is 278 g/mol. The third-order valence-corrected chi connectivity index (χ3v) is 3.08. The topological polar surface area (TPSA) is 55.2 Å². The molecule has 8 heteroatoms. The van der Waals surface area contributed by atoms with Crippen LogP contribution in [0.25, 0.3) is 0 Å². The summed E-state index contributed by atoms with van der Waals surface area (Å²) in [5.74, 6) is -0.845. The number of nitrogens with one attached hydrogen (secondary N) is 1. The zero-order valence-electron chi connectivity index (χ0n) is 9.63. The lowest BCUT2D eigenvalue weighted by atomic mass is 10.1. The van der Waals surface area contributed by atoms with Gasteiger partial charge >= 0.3 is 6.18 Å². The van der Waals surface area contributed by atoms with E-state index in [-0.39, 0.29) is 24.9 Å². The number of nitro groups is 1. The van der Waals surface area contributed by atoms with Crippen molar-refractivity contribution in [1.82, 2.24) is 5.32 Å². The highest BCUT2D eigenvalue weighted by Crippen LogP contribution is 2.49. The van der Waals surface area contributed by atoms with Gasteiger partial charge in [-0.15, -0.1) is 0 Å². The second kappa shape index (κ2) is 4.44. The smallest absolute Gasteiger partial charge is 0.299 e. The van der Waals surface area contributed by atoms with Crippen LogP contribution in [0.4, 0.5) is 23.2 Å². The molecule has 1 aliphatic rings. The molecule has 0 radical (unpaired) electrons. The highest BCUT2D eigenvalue weighted by molar-refractivity contribution is 5.35.